The minimum absolute atomic E-state index is 0.0179. The highest BCUT2D eigenvalue weighted by atomic mass is 79.9. The Morgan fingerprint density at radius 2 is 1.81 bits per heavy atom. The molecule has 31 heavy (non-hydrogen) atoms. The van der Waals surface area contributed by atoms with E-state index < -0.39 is 6.04 Å². The van der Waals surface area contributed by atoms with E-state index in [9.17, 15) is 9.59 Å². The lowest BCUT2D eigenvalue weighted by Gasteiger charge is -2.31. The van der Waals surface area contributed by atoms with E-state index in [1.54, 1.807) is 22.6 Å². The van der Waals surface area contributed by atoms with Gasteiger partial charge in [0.1, 0.15) is 5.82 Å². The zero-order valence-corrected chi connectivity index (χ0v) is 19.9. The average molecular weight is 486 g/mol. The highest BCUT2D eigenvalue weighted by Crippen LogP contribution is 2.24. The quantitative estimate of drug-likeness (QED) is 0.462. The predicted octanol–water partition coefficient (Wildman–Crippen LogP) is 4.73. The zero-order chi connectivity index (χ0) is 22.5. The van der Waals surface area contributed by atoms with E-state index in [-0.39, 0.29) is 17.4 Å². The van der Waals surface area contributed by atoms with Crippen LogP contribution in [0.4, 0.5) is 0 Å². The molecule has 0 fully saturated rings. The van der Waals surface area contributed by atoms with E-state index in [1.807, 2.05) is 63.2 Å². The molecular formula is C24H28BrN3O3. The zero-order valence-electron chi connectivity index (χ0n) is 18.3. The molecule has 7 heteroatoms. The fourth-order valence-corrected chi connectivity index (χ4v) is 3.86. The third-order valence-corrected chi connectivity index (χ3v) is 5.70. The van der Waals surface area contributed by atoms with Gasteiger partial charge in [-0.25, -0.2) is 4.98 Å². The summed E-state index contributed by atoms with van der Waals surface area (Å²) < 4.78 is 7.78. The van der Waals surface area contributed by atoms with Crippen LogP contribution in [0.25, 0.3) is 16.6 Å². The van der Waals surface area contributed by atoms with Crippen LogP contribution in [0.1, 0.15) is 39.1 Å². The fourth-order valence-electron chi connectivity index (χ4n) is 3.60. The topological polar surface area (TPSA) is 64.4 Å². The Hall–Kier alpha value is -2.51. The number of rotatable bonds is 8. The Balaban J connectivity index is 2.20. The molecule has 3 aromatic rings. The number of para-hydroxylation sites is 1. The van der Waals surface area contributed by atoms with Crippen LogP contribution >= 0.6 is 15.9 Å². The number of amides is 1. The Morgan fingerprint density at radius 3 is 2.45 bits per heavy atom. The number of hydrogen-bond acceptors (Lipinski definition) is 4. The third-order valence-electron chi connectivity index (χ3n) is 5.17. The molecule has 0 aliphatic rings. The maximum Gasteiger partial charge on any atom is 0.266 e. The first-order valence-corrected chi connectivity index (χ1v) is 11.2. The molecule has 0 radical (unpaired) electrons. The van der Waals surface area contributed by atoms with Gasteiger partial charge in [-0.1, -0.05) is 41.9 Å². The molecule has 0 bridgehead atoms. The van der Waals surface area contributed by atoms with Crippen LogP contribution in [0.3, 0.4) is 0 Å². The van der Waals surface area contributed by atoms with Gasteiger partial charge in [0, 0.05) is 24.5 Å². The first-order valence-electron chi connectivity index (χ1n) is 10.4. The van der Waals surface area contributed by atoms with Crippen LogP contribution in [0.15, 0.2) is 57.8 Å². The van der Waals surface area contributed by atoms with Crippen molar-refractivity contribution in [3.63, 3.8) is 0 Å². The monoisotopic (exact) mass is 485 g/mol. The van der Waals surface area contributed by atoms with Gasteiger partial charge in [0.2, 0.25) is 5.91 Å². The number of ether oxygens (including phenoxy) is 1. The summed E-state index contributed by atoms with van der Waals surface area (Å²) in [5.74, 6) is 0.770. The van der Waals surface area contributed by atoms with E-state index in [1.165, 1.54) is 0 Å². The lowest BCUT2D eigenvalue weighted by molar-refractivity contribution is -0.135. The van der Waals surface area contributed by atoms with Gasteiger partial charge in [-0.05, 0) is 49.2 Å². The van der Waals surface area contributed by atoms with Gasteiger partial charge >= 0.3 is 0 Å². The minimum Gasteiger partial charge on any atom is -0.383 e. The number of methoxy groups -OCH3 is 1. The lowest BCUT2D eigenvalue weighted by Crippen LogP contribution is -2.39. The third kappa shape index (κ3) is 5.22. The van der Waals surface area contributed by atoms with E-state index in [0.717, 1.165) is 4.47 Å². The van der Waals surface area contributed by atoms with E-state index in [4.69, 9.17) is 9.72 Å². The number of nitrogens with zero attached hydrogens (tertiary/aromatic N) is 3. The van der Waals surface area contributed by atoms with Crippen molar-refractivity contribution in [3.05, 3.63) is 69.2 Å². The normalized spacial score (nSPS) is 12.3. The molecule has 3 rings (SSSR count). The summed E-state index contributed by atoms with van der Waals surface area (Å²) in [7, 11) is 1.61. The molecule has 1 aromatic heterocycles. The molecule has 2 aromatic carbocycles. The van der Waals surface area contributed by atoms with Crippen molar-refractivity contribution in [2.24, 2.45) is 5.92 Å². The number of aromatic nitrogens is 2. The second kappa shape index (κ2) is 10.2. The summed E-state index contributed by atoms with van der Waals surface area (Å²) in [4.78, 5) is 33.2. The maximum atomic E-state index is 13.5. The Morgan fingerprint density at radius 1 is 1.13 bits per heavy atom. The van der Waals surface area contributed by atoms with Crippen molar-refractivity contribution in [3.8, 4) is 5.69 Å². The molecule has 0 N–H and O–H groups in total. The minimum atomic E-state index is -0.414. The average Bonchev–Trinajstić information content (AvgIpc) is 2.74. The Labute approximate surface area is 191 Å². The number of halogens is 1. The molecule has 1 heterocycles. The summed E-state index contributed by atoms with van der Waals surface area (Å²) in [6, 6.07) is 14.4. The maximum absolute atomic E-state index is 13.5. The number of carbonyl (C=O) groups excluding carboxylic acids is 1. The van der Waals surface area contributed by atoms with Gasteiger partial charge in [0.25, 0.3) is 5.56 Å². The number of hydrogen-bond donors (Lipinski definition) is 0. The molecule has 1 unspecified atom stereocenters. The second-order valence-corrected chi connectivity index (χ2v) is 8.87. The highest BCUT2D eigenvalue weighted by Gasteiger charge is 2.27. The summed E-state index contributed by atoms with van der Waals surface area (Å²) >= 11 is 3.45. The number of carbonyl (C=O) groups is 1. The second-order valence-electron chi connectivity index (χ2n) is 7.96. The summed E-state index contributed by atoms with van der Waals surface area (Å²) in [5.41, 5.74) is 1.17. The Bertz CT molecular complexity index is 1110. The van der Waals surface area contributed by atoms with Crippen LogP contribution in [0, 0.1) is 5.92 Å². The van der Waals surface area contributed by atoms with Gasteiger partial charge in [-0.2, -0.15) is 0 Å². The molecule has 6 nitrogen and oxygen atoms in total. The van der Waals surface area contributed by atoms with E-state index in [0.29, 0.717) is 42.0 Å². The van der Waals surface area contributed by atoms with E-state index in [2.05, 4.69) is 15.9 Å². The highest BCUT2D eigenvalue weighted by molar-refractivity contribution is 9.10. The molecule has 0 spiro atoms. The molecule has 164 valence electrons. The summed E-state index contributed by atoms with van der Waals surface area (Å²) in [5, 5.41) is 0.540. The number of benzene rings is 2. The van der Waals surface area contributed by atoms with Gasteiger partial charge < -0.3 is 9.64 Å². The van der Waals surface area contributed by atoms with Gasteiger partial charge in [-0.3, -0.25) is 14.2 Å². The first kappa shape index (κ1) is 23.2. The van der Waals surface area contributed by atoms with Crippen LogP contribution in [0.5, 0.6) is 0 Å². The number of fused-ring (bicyclic) bond motifs is 1. The van der Waals surface area contributed by atoms with Crippen LogP contribution in [-0.2, 0) is 9.53 Å². The smallest absolute Gasteiger partial charge is 0.266 e. The SMILES string of the molecule is COCCN(C(=O)CC(C)C)C(C)c1nc2ccccc2c(=O)n1-c1ccc(Br)cc1. The van der Waals surface area contributed by atoms with Gasteiger partial charge in [-0.15, -0.1) is 0 Å². The molecule has 0 aliphatic carbocycles. The van der Waals surface area contributed by atoms with Crippen molar-refractivity contribution >= 4 is 32.7 Å². The van der Waals surface area contributed by atoms with Crippen LogP contribution in [0.2, 0.25) is 0 Å². The van der Waals surface area contributed by atoms with Crippen LogP contribution < -0.4 is 5.56 Å². The lowest BCUT2D eigenvalue weighted by atomic mass is 10.1. The van der Waals surface area contributed by atoms with Gasteiger partial charge in [0.15, 0.2) is 0 Å². The predicted molar refractivity (Wildman–Crippen MR) is 126 cm³/mol. The molecule has 1 amide bonds. The van der Waals surface area contributed by atoms with Crippen molar-refractivity contribution in [2.75, 3.05) is 20.3 Å². The summed E-state index contributed by atoms with van der Waals surface area (Å²) in [6.45, 7) is 6.78. The first-order chi connectivity index (χ1) is 14.8. The Kier molecular flexibility index (Phi) is 7.62. The van der Waals surface area contributed by atoms with Gasteiger partial charge in [0.05, 0.1) is 29.2 Å². The van der Waals surface area contributed by atoms with Crippen molar-refractivity contribution in [1.82, 2.24) is 14.5 Å². The molecule has 0 saturated heterocycles. The molecule has 0 aliphatic heterocycles. The van der Waals surface area contributed by atoms with Crippen molar-refractivity contribution in [1.29, 1.82) is 0 Å². The largest absolute Gasteiger partial charge is 0.383 e. The van der Waals surface area contributed by atoms with E-state index >= 15 is 0 Å². The van der Waals surface area contributed by atoms with Crippen LogP contribution in [-0.4, -0.2) is 40.6 Å². The molecular weight excluding hydrogens is 458 g/mol. The molecule has 1 atom stereocenters. The standard InChI is InChI=1S/C24H28BrN3O3/c1-16(2)15-22(29)27(13-14-31-4)17(3)23-26-21-8-6-5-7-20(21)24(30)28(23)19-11-9-18(25)10-12-19/h5-12,16-17H,13-15H2,1-4H3. The fraction of sp³-hybridized carbons (Fsp3) is 0.375. The molecule has 0 saturated carbocycles. The van der Waals surface area contributed by atoms with Crippen molar-refractivity contribution < 1.29 is 9.53 Å². The van der Waals surface area contributed by atoms with Crippen molar-refractivity contribution in [2.45, 2.75) is 33.2 Å². The summed E-state index contributed by atoms with van der Waals surface area (Å²) in [6.07, 6.45) is 0.421.